The Kier molecular flexibility index (Phi) is 11.4. The number of hydrogen-bond donors (Lipinski definition) is 2. The van der Waals surface area contributed by atoms with E-state index in [1.54, 1.807) is 31.2 Å². The average Bonchev–Trinajstić information content (AvgIpc) is 3.85. The van der Waals surface area contributed by atoms with E-state index in [4.69, 9.17) is 4.74 Å². The van der Waals surface area contributed by atoms with Gasteiger partial charge in [-0.1, -0.05) is 17.7 Å². The van der Waals surface area contributed by atoms with Gasteiger partial charge in [0.25, 0.3) is 21.8 Å². The van der Waals surface area contributed by atoms with E-state index in [1.807, 2.05) is 14.0 Å². The van der Waals surface area contributed by atoms with Crippen LogP contribution >= 0.6 is 0 Å². The molecule has 2 aliphatic rings. The molecule has 0 atom stereocenters. The van der Waals surface area contributed by atoms with Gasteiger partial charge in [0.2, 0.25) is 10.0 Å². The molecule has 59 heavy (non-hydrogen) atoms. The topological polar surface area (TPSA) is 185 Å². The molecule has 2 amide bonds. The fourth-order valence-corrected chi connectivity index (χ4v) is 9.47. The van der Waals surface area contributed by atoms with E-state index < -0.39 is 61.0 Å². The zero-order chi connectivity index (χ0) is 42.2. The van der Waals surface area contributed by atoms with Gasteiger partial charge >= 0.3 is 6.09 Å². The van der Waals surface area contributed by atoms with Crippen LogP contribution in [0.4, 0.5) is 30.8 Å². The molecule has 2 N–H and O–H groups in total. The van der Waals surface area contributed by atoms with Crippen molar-refractivity contribution in [2.75, 3.05) is 61.9 Å². The summed E-state index contributed by atoms with van der Waals surface area (Å²) in [5.74, 6) is -3.88. The van der Waals surface area contributed by atoms with E-state index in [9.17, 15) is 40.0 Å². The first-order valence-electron chi connectivity index (χ1n) is 18.5. The highest BCUT2D eigenvalue weighted by Crippen LogP contribution is 2.32. The standard InChI is InChI=1S/C39H40F2N8O8S2/c1-4-57-39(52)49-35-12-14-48(59(55,56)31-20-27(40)19-28(41)21-31)24-33(35)36(44-49)43-38(51)32-10-7-29(46-17-15-45(3)16-18-46)22-34(32)42-37(50)26-11-13-47(23-26)58(53,54)30-8-5-25(2)6-9-30/h5-11,13,19-23H,4,12,14-18,24H2,1-3H3,(H,42,50)(H,43,44,51). The van der Waals surface area contributed by atoms with Crippen molar-refractivity contribution >= 4 is 55.1 Å². The van der Waals surface area contributed by atoms with E-state index in [1.165, 1.54) is 36.7 Å². The van der Waals surface area contributed by atoms with Crippen LogP contribution in [0.25, 0.3) is 0 Å². The summed E-state index contributed by atoms with van der Waals surface area (Å²) in [6.45, 7) is 5.64. The third kappa shape index (κ3) is 8.47. The van der Waals surface area contributed by atoms with Gasteiger partial charge in [-0.25, -0.2) is 34.4 Å². The normalized spacial score (nSPS) is 15.1. The molecule has 310 valence electrons. The van der Waals surface area contributed by atoms with Crippen LogP contribution in [0.5, 0.6) is 0 Å². The van der Waals surface area contributed by atoms with Crippen LogP contribution in [0.15, 0.2) is 88.9 Å². The quantitative estimate of drug-likeness (QED) is 0.202. The van der Waals surface area contributed by atoms with Crippen LogP contribution in [-0.4, -0.2) is 104 Å². The molecule has 2 aliphatic heterocycles. The number of aryl methyl sites for hydroxylation is 1. The van der Waals surface area contributed by atoms with Crippen molar-refractivity contribution in [1.29, 1.82) is 0 Å². The minimum absolute atomic E-state index is 0.00915. The van der Waals surface area contributed by atoms with Gasteiger partial charge in [0.15, 0.2) is 5.82 Å². The summed E-state index contributed by atoms with van der Waals surface area (Å²) in [6, 6.07) is 14.3. The number of nitrogens with zero attached hydrogens (tertiary/aromatic N) is 6. The Morgan fingerprint density at radius 2 is 1.51 bits per heavy atom. The molecule has 2 aromatic heterocycles. The number of carbonyl (C=O) groups is 3. The van der Waals surface area contributed by atoms with Crippen molar-refractivity contribution in [2.24, 2.45) is 0 Å². The molecular formula is C39H40F2N8O8S2. The number of anilines is 3. The summed E-state index contributed by atoms with van der Waals surface area (Å²) in [4.78, 5) is 44.6. The number of likely N-dealkylation sites (N-methyl/N-ethyl adjacent to an activating group) is 1. The number of rotatable bonds is 10. The Labute approximate surface area is 339 Å². The Bertz CT molecular complexity index is 2660. The first-order valence-corrected chi connectivity index (χ1v) is 21.4. The Balaban J connectivity index is 1.21. The van der Waals surface area contributed by atoms with Crippen molar-refractivity contribution < 1.29 is 44.7 Å². The summed E-state index contributed by atoms with van der Waals surface area (Å²) in [6.07, 6.45) is 1.46. The third-order valence-corrected chi connectivity index (χ3v) is 13.5. The molecule has 1 fully saturated rings. The van der Waals surface area contributed by atoms with E-state index in [0.29, 0.717) is 37.0 Å². The minimum atomic E-state index is -4.47. The molecular weight excluding hydrogens is 811 g/mol. The summed E-state index contributed by atoms with van der Waals surface area (Å²) in [5.41, 5.74) is 1.96. The number of benzene rings is 3. The van der Waals surface area contributed by atoms with Crippen LogP contribution in [0.1, 0.15) is 44.5 Å². The lowest BCUT2D eigenvalue weighted by Gasteiger charge is -2.34. The maximum atomic E-state index is 14.2. The molecule has 0 unspecified atom stereocenters. The van der Waals surface area contributed by atoms with E-state index in [-0.39, 0.29) is 58.4 Å². The lowest BCUT2D eigenvalue weighted by atomic mass is 10.1. The second-order valence-corrected chi connectivity index (χ2v) is 17.8. The van der Waals surface area contributed by atoms with Gasteiger partial charge in [-0.05, 0) is 69.4 Å². The van der Waals surface area contributed by atoms with Crippen molar-refractivity contribution in [1.82, 2.24) is 23.0 Å². The SMILES string of the molecule is CCOC(=O)n1nc(NC(=O)c2ccc(N3CCN(C)CC3)cc2NC(=O)c2ccn(S(=O)(=O)c3ccc(C)cc3)c2)c2c1CCN(S(=O)(=O)c1cc(F)cc(F)c1)C2. The highest BCUT2D eigenvalue weighted by molar-refractivity contribution is 7.90. The summed E-state index contributed by atoms with van der Waals surface area (Å²) in [7, 11) is -6.49. The fraction of sp³-hybridized carbons (Fsp3) is 0.282. The lowest BCUT2D eigenvalue weighted by Crippen LogP contribution is -2.44. The molecule has 16 nitrogen and oxygen atoms in total. The van der Waals surface area contributed by atoms with Crippen LogP contribution in [0, 0.1) is 18.6 Å². The first-order chi connectivity index (χ1) is 28.0. The molecule has 3 aromatic carbocycles. The Hall–Kier alpha value is -5.96. The summed E-state index contributed by atoms with van der Waals surface area (Å²) in [5, 5.41) is 9.71. The molecule has 7 rings (SSSR count). The number of sulfonamides is 1. The summed E-state index contributed by atoms with van der Waals surface area (Å²) >= 11 is 0. The first kappa shape index (κ1) is 41.2. The highest BCUT2D eigenvalue weighted by atomic mass is 32.2. The van der Waals surface area contributed by atoms with Gasteiger partial charge in [0.05, 0.1) is 38.9 Å². The molecule has 0 aliphatic carbocycles. The number of halogens is 2. The maximum absolute atomic E-state index is 14.2. The van der Waals surface area contributed by atoms with Crippen LogP contribution in [-0.2, 0) is 37.7 Å². The number of nitrogens with one attached hydrogen (secondary N) is 2. The van der Waals surface area contributed by atoms with E-state index in [2.05, 4.69) is 25.5 Å². The minimum Gasteiger partial charge on any atom is -0.448 e. The number of amides is 2. The monoisotopic (exact) mass is 850 g/mol. The fourth-order valence-electron chi connectivity index (χ4n) is 6.82. The highest BCUT2D eigenvalue weighted by Gasteiger charge is 2.35. The third-order valence-electron chi connectivity index (χ3n) is 10.1. The van der Waals surface area contributed by atoms with E-state index in [0.717, 1.165) is 31.6 Å². The predicted molar refractivity (Wildman–Crippen MR) is 213 cm³/mol. The molecule has 4 heterocycles. The van der Waals surface area contributed by atoms with Gasteiger partial charge in [-0.2, -0.15) is 8.99 Å². The van der Waals surface area contributed by atoms with Crippen molar-refractivity contribution in [3.8, 4) is 0 Å². The van der Waals surface area contributed by atoms with Gasteiger partial charge in [-0.3, -0.25) is 9.59 Å². The molecule has 0 bridgehead atoms. The number of aromatic nitrogens is 3. The zero-order valence-electron chi connectivity index (χ0n) is 32.2. The number of carbonyl (C=O) groups excluding carboxylic acids is 3. The molecule has 0 radical (unpaired) electrons. The van der Waals surface area contributed by atoms with E-state index >= 15 is 0 Å². The zero-order valence-corrected chi connectivity index (χ0v) is 33.8. The number of ether oxygens (including phenoxy) is 1. The Morgan fingerprint density at radius 1 is 0.814 bits per heavy atom. The number of piperazine rings is 1. The largest absolute Gasteiger partial charge is 0.448 e. The Morgan fingerprint density at radius 3 is 2.19 bits per heavy atom. The predicted octanol–water partition coefficient (Wildman–Crippen LogP) is 4.52. The molecule has 0 saturated carbocycles. The van der Waals surface area contributed by atoms with Crippen LogP contribution < -0.4 is 15.5 Å². The second kappa shape index (κ2) is 16.4. The van der Waals surface area contributed by atoms with Crippen molar-refractivity contribution in [3.63, 3.8) is 0 Å². The maximum Gasteiger partial charge on any atom is 0.434 e. The van der Waals surface area contributed by atoms with Crippen LogP contribution in [0.2, 0.25) is 0 Å². The van der Waals surface area contributed by atoms with Gasteiger partial charge in [0.1, 0.15) is 11.6 Å². The molecule has 0 spiro atoms. The lowest BCUT2D eigenvalue weighted by molar-refractivity contribution is 0.102. The second-order valence-electron chi connectivity index (χ2n) is 14.1. The average molecular weight is 851 g/mol. The van der Waals surface area contributed by atoms with Crippen LogP contribution in [0.3, 0.4) is 0 Å². The van der Waals surface area contributed by atoms with Gasteiger partial charge < -0.3 is 25.2 Å². The van der Waals surface area contributed by atoms with Crippen molar-refractivity contribution in [2.45, 2.75) is 36.6 Å². The number of hydrogen-bond acceptors (Lipinski definition) is 11. The van der Waals surface area contributed by atoms with Gasteiger partial charge in [-0.15, -0.1) is 5.10 Å². The molecule has 20 heteroatoms. The number of fused-ring (bicyclic) bond motifs is 1. The summed E-state index contributed by atoms with van der Waals surface area (Å²) < 4.78 is 90.0. The van der Waals surface area contributed by atoms with Crippen molar-refractivity contribution in [3.05, 3.63) is 119 Å². The molecule has 1 saturated heterocycles. The van der Waals surface area contributed by atoms with Gasteiger partial charge in [0, 0.05) is 75.4 Å². The molecule has 5 aromatic rings. The smallest absolute Gasteiger partial charge is 0.434 e.